The number of aromatic nitrogens is 2. The van der Waals surface area contributed by atoms with Crippen molar-refractivity contribution in [3.8, 4) is 0 Å². The molecule has 3 N–H and O–H groups in total. The zero-order valence-electron chi connectivity index (χ0n) is 17.8. The van der Waals surface area contributed by atoms with E-state index in [0.29, 0.717) is 31.9 Å². The molecule has 0 amide bonds. The second-order valence-corrected chi connectivity index (χ2v) is 8.24. The van der Waals surface area contributed by atoms with E-state index in [1.165, 1.54) is 20.6 Å². The number of unbranched alkanes of at least 4 members (excludes halogenated alkanes) is 1. The molecule has 2 aromatic rings. The molecule has 0 spiro atoms. The van der Waals surface area contributed by atoms with E-state index in [9.17, 15) is 9.59 Å². The first-order chi connectivity index (χ1) is 13.9. The minimum Gasteiger partial charge on any atom is -0.383 e. The van der Waals surface area contributed by atoms with Gasteiger partial charge in [0.15, 0.2) is 0 Å². The van der Waals surface area contributed by atoms with Crippen LogP contribution >= 0.6 is 11.8 Å². The number of rotatable bonds is 11. The molecule has 0 bridgehead atoms. The van der Waals surface area contributed by atoms with Crippen molar-refractivity contribution in [2.45, 2.75) is 45.1 Å². The van der Waals surface area contributed by atoms with Crippen LogP contribution in [-0.4, -0.2) is 42.1 Å². The van der Waals surface area contributed by atoms with Gasteiger partial charge in [-0.2, -0.15) is 0 Å². The van der Waals surface area contributed by atoms with Gasteiger partial charge in [-0.1, -0.05) is 19.4 Å². The molecule has 0 aliphatic heterocycles. The summed E-state index contributed by atoms with van der Waals surface area (Å²) in [6.07, 6.45) is 1.75. The zero-order valence-corrected chi connectivity index (χ0v) is 18.6. The number of methoxy groups -OCH3 is 1. The number of nitrogens with zero attached hydrogens (tertiary/aromatic N) is 2. The number of benzene rings is 1. The fourth-order valence-corrected chi connectivity index (χ4v) is 4.01. The number of nitrogens with two attached hydrogens (primary N) is 1. The van der Waals surface area contributed by atoms with Crippen molar-refractivity contribution in [1.82, 2.24) is 9.55 Å². The highest BCUT2D eigenvalue weighted by atomic mass is 32.2. The Hall–Kier alpha value is -2.19. The fraction of sp³-hybridized carbons (Fsp3) is 0.524. The van der Waals surface area contributed by atoms with Gasteiger partial charge in [-0.25, -0.2) is 4.79 Å². The standard InChI is InChI=1S/C21H32N4O3S/c1-5-6-9-25-19(22)18(20(26)23-21(25)27)24(10-12-28-4)11-13-29-17-8-7-15(2)16(3)14-17/h7-8,14H,5-6,9-13,22H2,1-4H3,(H,23,26,27). The van der Waals surface area contributed by atoms with Crippen molar-refractivity contribution in [1.29, 1.82) is 0 Å². The van der Waals surface area contributed by atoms with Crippen molar-refractivity contribution in [3.05, 3.63) is 50.2 Å². The monoisotopic (exact) mass is 420 g/mol. The number of anilines is 2. The van der Waals surface area contributed by atoms with E-state index in [-0.39, 0.29) is 5.82 Å². The third-order valence-corrected chi connectivity index (χ3v) is 5.91. The minimum absolute atomic E-state index is 0.222. The highest BCUT2D eigenvalue weighted by Crippen LogP contribution is 2.23. The number of thioether (sulfide) groups is 1. The second-order valence-electron chi connectivity index (χ2n) is 7.07. The van der Waals surface area contributed by atoms with Gasteiger partial charge in [0.2, 0.25) is 0 Å². The Kier molecular flexibility index (Phi) is 8.85. The Labute approximate surface area is 176 Å². The van der Waals surface area contributed by atoms with Gasteiger partial charge in [0.25, 0.3) is 5.56 Å². The topological polar surface area (TPSA) is 93.3 Å². The molecule has 0 saturated carbocycles. The van der Waals surface area contributed by atoms with Crippen LogP contribution in [0.15, 0.2) is 32.7 Å². The normalized spacial score (nSPS) is 11.0. The summed E-state index contributed by atoms with van der Waals surface area (Å²) in [5.41, 5.74) is 8.24. The maximum Gasteiger partial charge on any atom is 0.330 e. The molecule has 1 aromatic carbocycles. The van der Waals surface area contributed by atoms with E-state index in [1.54, 1.807) is 18.9 Å². The number of aromatic amines is 1. The summed E-state index contributed by atoms with van der Waals surface area (Å²) in [6.45, 7) is 8.32. The Morgan fingerprint density at radius 3 is 2.62 bits per heavy atom. The van der Waals surface area contributed by atoms with Gasteiger partial charge in [0.1, 0.15) is 11.5 Å². The number of nitrogens with one attached hydrogen (secondary N) is 1. The number of H-pyrrole nitrogens is 1. The van der Waals surface area contributed by atoms with Crippen LogP contribution in [0.3, 0.4) is 0 Å². The SMILES string of the molecule is CCCCn1c(N)c(N(CCOC)CCSc2ccc(C)c(C)c2)c(=O)[nH]c1=O. The average molecular weight is 421 g/mol. The molecule has 0 unspecified atom stereocenters. The molecule has 160 valence electrons. The van der Waals surface area contributed by atoms with E-state index in [0.717, 1.165) is 18.6 Å². The minimum atomic E-state index is -0.458. The van der Waals surface area contributed by atoms with Gasteiger partial charge in [0.05, 0.1) is 6.61 Å². The number of nitrogen functional groups attached to an aromatic ring is 1. The van der Waals surface area contributed by atoms with Crippen LogP contribution in [0.25, 0.3) is 0 Å². The third kappa shape index (κ3) is 6.14. The van der Waals surface area contributed by atoms with E-state index in [4.69, 9.17) is 10.5 Å². The molecule has 7 nitrogen and oxygen atoms in total. The maximum atomic E-state index is 12.6. The lowest BCUT2D eigenvalue weighted by molar-refractivity contribution is 0.205. The van der Waals surface area contributed by atoms with Crippen LogP contribution < -0.4 is 21.9 Å². The Balaban J connectivity index is 2.23. The van der Waals surface area contributed by atoms with E-state index < -0.39 is 11.2 Å². The zero-order chi connectivity index (χ0) is 21.4. The molecule has 0 aliphatic carbocycles. The smallest absolute Gasteiger partial charge is 0.330 e. The van der Waals surface area contributed by atoms with Gasteiger partial charge in [-0.15, -0.1) is 11.8 Å². The van der Waals surface area contributed by atoms with Crippen LogP contribution in [-0.2, 0) is 11.3 Å². The Morgan fingerprint density at radius 1 is 1.21 bits per heavy atom. The summed E-state index contributed by atoms with van der Waals surface area (Å²) in [5.74, 6) is 0.999. The predicted molar refractivity (Wildman–Crippen MR) is 121 cm³/mol. The van der Waals surface area contributed by atoms with Crippen LogP contribution in [0.1, 0.15) is 30.9 Å². The van der Waals surface area contributed by atoms with Gasteiger partial charge >= 0.3 is 5.69 Å². The highest BCUT2D eigenvalue weighted by Gasteiger charge is 2.18. The summed E-state index contributed by atoms with van der Waals surface area (Å²) >= 11 is 1.73. The largest absolute Gasteiger partial charge is 0.383 e. The molecule has 0 fully saturated rings. The average Bonchev–Trinajstić information content (AvgIpc) is 2.68. The molecular formula is C21H32N4O3S. The molecule has 0 saturated heterocycles. The van der Waals surface area contributed by atoms with Gasteiger partial charge in [0, 0.05) is 37.4 Å². The lowest BCUT2D eigenvalue weighted by Crippen LogP contribution is -2.40. The summed E-state index contributed by atoms with van der Waals surface area (Å²) < 4.78 is 6.67. The molecule has 29 heavy (non-hydrogen) atoms. The predicted octanol–water partition coefficient (Wildman–Crippen LogP) is 2.78. The highest BCUT2D eigenvalue weighted by molar-refractivity contribution is 7.99. The third-order valence-electron chi connectivity index (χ3n) is 4.94. The first-order valence-corrected chi connectivity index (χ1v) is 10.9. The number of hydrogen-bond donors (Lipinski definition) is 2. The van der Waals surface area contributed by atoms with E-state index in [2.05, 4.69) is 37.0 Å². The van der Waals surface area contributed by atoms with Crippen molar-refractivity contribution in [3.63, 3.8) is 0 Å². The van der Waals surface area contributed by atoms with E-state index >= 15 is 0 Å². The summed E-state index contributed by atoms with van der Waals surface area (Å²) in [7, 11) is 1.62. The molecule has 0 aliphatic rings. The lowest BCUT2D eigenvalue weighted by Gasteiger charge is -2.26. The van der Waals surface area contributed by atoms with Crippen molar-refractivity contribution < 1.29 is 4.74 Å². The van der Waals surface area contributed by atoms with Crippen LogP contribution in [0.2, 0.25) is 0 Å². The maximum absolute atomic E-state index is 12.6. The van der Waals surface area contributed by atoms with Crippen molar-refractivity contribution >= 4 is 23.3 Å². The molecule has 1 heterocycles. The van der Waals surface area contributed by atoms with Crippen molar-refractivity contribution in [2.75, 3.05) is 43.2 Å². The van der Waals surface area contributed by atoms with Crippen LogP contribution in [0.4, 0.5) is 11.5 Å². The number of hydrogen-bond acceptors (Lipinski definition) is 6. The van der Waals surface area contributed by atoms with Gasteiger partial charge in [-0.05, 0) is 43.5 Å². The fourth-order valence-electron chi connectivity index (χ4n) is 3.04. The molecule has 2 rings (SSSR count). The summed E-state index contributed by atoms with van der Waals surface area (Å²) in [6, 6.07) is 6.40. The van der Waals surface area contributed by atoms with Gasteiger partial charge < -0.3 is 15.4 Å². The number of aryl methyl sites for hydroxylation is 2. The number of ether oxygens (including phenoxy) is 1. The molecule has 1 aromatic heterocycles. The molecule has 0 radical (unpaired) electrons. The summed E-state index contributed by atoms with van der Waals surface area (Å²) in [4.78, 5) is 30.3. The first kappa shape index (κ1) is 23.1. The lowest BCUT2D eigenvalue weighted by atomic mass is 10.1. The Bertz CT molecular complexity index is 923. The van der Waals surface area contributed by atoms with Crippen molar-refractivity contribution in [2.24, 2.45) is 0 Å². The van der Waals surface area contributed by atoms with Gasteiger partial charge in [-0.3, -0.25) is 14.3 Å². The second kappa shape index (κ2) is 11.1. The molecule has 8 heteroatoms. The molecule has 0 atom stereocenters. The molecular weight excluding hydrogens is 388 g/mol. The van der Waals surface area contributed by atoms with Crippen LogP contribution in [0.5, 0.6) is 0 Å². The van der Waals surface area contributed by atoms with Crippen LogP contribution in [0, 0.1) is 13.8 Å². The summed E-state index contributed by atoms with van der Waals surface area (Å²) in [5, 5.41) is 0. The Morgan fingerprint density at radius 2 is 1.97 bits per heavy atom. The quantitative estimate of drug-likeness (QED) is 0.543. The van der Waals surface area contributed by atoms with E-state index in [1.807, 2.05) is 11.8 Å². The first-order valence-electron chi connectivity index (χ1n) is 9.95.